The molecule has 4 heteroatoms. The van der Waals surface area contributed by atoms with Crippen LogP contribution in [-0.4, -0.2) is 0 Å². The maximum atomic E-state index is 13.2. The van der Waals surface area contributed by atoms with E-state index in [4.69, 9.17) is 9.15 Å². The van der Waals surface area contributed by atoms with Gasteiger partial charge in [0.15, 0.2) is 0 Å². The molecule has 1 aromatic heterocycles. The van der Waals surface area contributed by atoms with Gasteiger partial charge in [-0.05, 0) is 54.7 Å². The molecule has 23 heavy (non-hydrogen) atoms. The van der Waals surface area contributed by atoms with E-state index in [2.05, 4.69) is 0 Å². The first-order valence-corrected chi connectivity index (χ1v) is 7.66. The molecular formula is C19H15FO3. The number of hydrogen-bond donors (Lipinski definition) is 0. The smallest absolute Gasteiger partial charge is 0.339 e. The van der Waals surface area contributed by atoms with Gasteiger partial charge in [0, 0.05) is 17.0 Å². The van der Waals surface area contributed by atoms with Gasteiger partial charge in [0.05, 0.1) is 0 Å². The predicted octanol–water partition coefficient (Wildman–Crippen LogP) is 4.00. The molecule has 2 aromatic carbocycles. The molecule has 0 spiro atoms. The zero-order valence-electron chi connectivity index (χ0n) is 12.5. The molecule has 4 rings (SSSR count). The highest BCUT2D eigenvalue weighted by atomic mass is 19.1. The van der Waals surface area contributed by atoms with Gasteiger partial charge in [0.1, 0.15) is 23.8 Å². The van der Waals surface area contributed by atoms with Gasteiger partial charge in [0.25, 0.3) is 0 Å². The summed E-state index contributed by atoms with van der Waals surface area (Å²) in [5.74, 6) is 0.314. The fourth-order valence-electron chi connectivity index (χ4n) is 3.15. The van der Waals surface area contributed by atoms with E-state index in [-0.39, 0.29) is 18.0 Å². The quantitative estimate of drug-likeness (QED) is 0.686. The summed E-state index contributed by atoms with van der Waals surface area (Å²) in [7, 11) is 0. The molecule has 0 fully saturated rings. The third-order valence-electron chi connectivity index (χ3n) is 4.24. The average Bonchev–Trinajstić information content (AvgIpc) is 3.03. The van der Waals surface area contributed by atoms with Crippen LogP contribution in [0.2, 0.25) is 0 Å². The fourth-order valence-corrected chi connectivity index (χ4v) is 3.15. The minimum Gasteiger partial charge on any atom is -0.489 e. The number of fused-ring (bicyclic) bond motifs is 3. The first-order valence-electron chi connectivity index (χ1n) is 7.66. The lowest BCUT2D eigenvalue weighted by Crippen LogP contribution is -2.06. The molecule has 0 saturated heterocycles. The maximum absolute atomic E-state index is 13.2. The second-order valence-corrected chi connectivity index (χ2v) is 5.78. The SMILES string of the molecule is O=c1oc2cc(OCc3cccc(F)c3)ccc2c2c1CCC2. The van der Waals surface area contributed by atoms with Crippen molar-refractivity contribution in [3.8, 4) is 5.75 Å². The normalized spacial score (nSPS) is 13.3. The summed E-state index contributed by atoms with van der Waals surface area (Å²) >= 11 is 0. The molecule has 0 unspecified atom stereocenters. The molecule has 1 aliphatic rings. The minimum atomic E-state index is -0.286. The second-order valence-electron chi connectivity index (χ2n) is 5.78. The van der Waals surface area contributed by atoms with Crippen LogP contribution < -0.4 is 10.4 Å². The topological polar surface area (TPSA) is 39.4 Å². The van der Waals surface area contributed by atoms with Gasteiger partial charge < -0.3 is 9.15 Å². The van der Waals surface area contributed by atoms with Crippen LogP contribution in [-0.2, 0) is 19.4 Å². The third kappa shape index (κ3) is 2.61. The highest BCUT2D eigenvalue weighted by Gasteiger charge is 2.19. The Balaban J connectivity index is 1.64. The van der Waals surface area contributed by atoms with Crippen LogP contribution >= 0.6 is 0 Å². The van der Waals surface area contributed by atoms with E-state index in [1.807, 2.05) is 12.1 Å². The maximum Gasteiger partial charge on any atom is 0.339 e. The number of benzene rings is 2. The zero-order valence-corrected chi connectivity index (χ0v) is 12.5. The van der Waals surface area contributed by atoms with Crippen molar-refractivity contribution in [2.45, 2.75) is 25.9 Å². The van der Waals surface area contributed by atoms with Gasteiger partial charge in [-0.2, -0.15) is 0 Å². The monoisotopic (exact) mass is 310 g/mol. The zero-order chi connectivity index (χ0) is 15.8. The molecule has 0 N–H and O–H groups in total. The number of hydrogen-bond acceptors (Lipinski definition) is 3. The van der Waals surface area contributed by atoms with Crippen molar-refractivity contribution >= 4 is 11.0 Å². The van der Waals surface area contributed by atoms with Gasteiger partial charge in [-0.1, -0.05) is 12.1 Å². The van der Waals surface area contributed by atoms with Crippen LogP contribution in [0.25, 0.3) is 11.0 Å². The van der Waals surface area contributed by atoms with Crippen LogP contribution in [0.4, 0.5) is 4.39 Å². The summed E-state index contributed by atoms with van der Waals surface area (Å²) in [6, 6.07) is 11.8. The Morgan fingerprint density at radius 3 is 2.83 bits per heavy atom. The number of rotatable bonds is 3. The summed E-state index contributed by atoms with van der Waals surface area (Å²) in [6.07, 6.45) is 2.71. The fraction of sp³-hybridized carbons (Fsp3) is 0.211. The summed E-state index contributed by atoms with van der Waals surface area (Å²) in [5, 5.41) is 0.982. The van der Waals surface area contributed by atoms with Crippen LogP contribution in [0.1, 0.15) is 23.1 Å². The van der Waals surface area contributed by atoms with E-state index in [1.165, 1.54) is 12.1 Å². The van der Waals surface area contributed by atoms with Crippen molar-refractivity contribution in [2.75, 3.05) is 0 Å². The van der Waals surface area contributed by atoms with Crippen LogP contribution in [0.5, 0.6) is 5.75 Å². The Labute approximate surface area is 132 Å². The van der Waals surface area contributed by atoms with Crippen molar-refractivity contribution < 1.29 is 13.5 Å². The Bertz CT molecular complexity index is 943. The average molecular weight is 310 g/mol. The summed E-state index contributed by atoms with van der Waals surface area (Å²) < 4.78 is 24.3. The first-order chi connectivity index (χ1) is 11.2. The van der Waals surface area contributed by atoms with E-state index in [0.29, 0.717) is 11.3 Å². The van der Waals surface area contributed by atoms with Gasteiger partial charge in [-0.15, -0.1) is 0 Å². The largest absolute Gasteiger partial charge is 0.489 e. The van der Waals surface area contributed by atoms with Crippen LogP contribution in [0, 0.1) is 5.82 Å². The van der Waals surface area contributed by atoms with E-state index in [0.717, 1.165) is 41.3 Å². The molecule has 0 bridgehead atoms. The Kier molecular flexibility index (Phi) is 3.37. The van der Waals surface area contributed by atoms with Gasteiger partial charge in [-0.3, -0.25) is 0 Å². The third-order valence-corrected chi connectivity index (χ3v) is 4.24. The second kappa shape index (κ2) is 5.54. The van der Waals surface area contributed by atoms with Crippen molar-refractivity contribution in [1.29, 1.82) is 0 Å². The molecule has 3 aromatic rings. The Hall–Kier alpha value is -2.62. The Morgan fingerprint density at radius 2 is 1.96 bits per heavy atom. The molecule has 0 amide bonds. The molecule has 1 heterocycles. The van der Waals surface area contributed by atoms with E-state index in [1.54, 1.807) is 18.2 Å². The lowest BCUT2D eigenvalue weighted by molar-refractivity contribution is 0.305. The molecule has 116 valence electrons. The van der Waals surface area contributed by atoms with Crippen molar-refractivity contribution in [3.63, 3.8) is 0 Å². The van der Waals surface area contributed by atoms with Gasteiger partial charge >= 0.3 is 5.63 Å². The van der Waals surface area contributed by atoms with Crippen molar-refractivity contribution in [2.24, 2.45) is 0 Å². The van der Waals surface area contributed by atoms with E-state index < -0.39 is 0 Å². The molecule has 0 aliphatic heterocycles. The lowest BCUT2D eigenvalue weighted by Gasteiger charge is -2.09. The minimum absolute atomic E-state index is 0.243. The van der Waals surface area contributed by atoms with E-state index in [9.17, 15) is 9.18 Å². The number of halogens is 1. The molecule has 3 nitrogen and oxygen atoms in total. The van der Waals surface area contributed by atoms with Crippen molar-refractivity contribution in [3.05, 3.63) is 75.4 Å². The molecule has 0 atom stereocenters. The Morgan fingerprint density at radius 1 is 1.09 bits per heavy atom. The molecule has 0 saturated carbocycles. The standard InChI is InChI=1S/C19H15FO3/c20-13-4-1-3-12(9-13)11-22-14-7-8-16-15-5-2-6-17(15)19(21)23-18(16)10-14/h1,3-4,7-10H,2,5-6,11H2. The summed E-state index contributed by atoms with van der Waals surface area (Å²) in [6.45, 7) is 0.262. The van der Waals surface area contributed by atoms with Gasteiger partial charge in [0.2, 0.25) is 0 Å². The highest BCUT2D eigenvalue weighted by molar-refractivity contribution is 5.83. The van der Waals surface area contributed by atoms with Crippen molar-refractivity contribution in [1.82, 2.24) is 0 Å². The van der Waals surface area contributed by atoms with E-state index >= 15 is 0 Å². The van der Waals surface area contributed by atoms with Crippen LogP contribution in [0.3, 0.4) is 0 Å². The molecule has 1 aliphatic carbocycles. The molecular weight excluding hydrogens is 295 g/mol. The lowest BCUT2D eigenvalue weighted by atomic mass is 10.1. The number of aryl methyl sites for hydroxylation is 1. The molecule has 0 radical (unpaired) electrons. The highest BCUT2D eigenvalue weighted by Crippen LogP contribution is 2.29. The van der Waals surface area contributed by atoms with Crippen LogP contribution in [0.15, 0.2) is 51.7 Å². The van der Waals surface area contributed by atoms with Gasteiger partial charge in [-0.25, -0.2) is 9.18 Å². The predicted molar refractivity (Wildman–Crippen MR) is 85.2 cm³/mol. The summed E-state index contributed by atoms with van der Waals surface area (Å²) in [5.41, 5.74) is 2.97. The number of ether oxygens (including phenoxy) is 1. The first kappa shape index (κ1) is 14.0. The summed E-state index contributed by atoms with van der Waals surface area (Å²) in [4.78, 5) is 12.0.